The summed E-state index contributed by atoms with van der Waals surface area (Å²) in [6, 6.07) is 18.4. The first-order chi connectivity index (χ1) is 12.6. The summed E-state index contributed by atoms with van der Waals surface area (Å²) in [6.07, 6.45) is 1.97. The van der Waals surface area contributed by atoms with E-state index < -0.39 is 0 Å². The average molecular weight is 349 g/mol. The third-order valence-electron chi connectivity index (χ3n) is 5.95. The van der Waals surface area contributed by atoms with Crippen LogP contribution in [-0.4, -0.2) is 37.0 Å². The second-order valence-electron chi connectivity index (χ2n) is 7.91. The third kappa shape index (κ3) is 2.99. The number of rotatable bonds is 4. The summed E-state index contributed by atoms with van der Waals surface area (Å²) in [6.45, 7) is 5.24. The first kappa shape index (κ1) is 17.1. The molecule has 0 spiro atoms. The number of carbonyl (C=O) groups is 1. The van der Waals surface area contributed by atoms with E-state index in [1.807, 2.05) is 23.1 Å². The SMILES string of the molecule is CC1(CN)CCN(C(=O)C(c2ccccc2)N2CCc3ccccc32)C1. The van der Waals surface area contributed by atoms with Crippen LogP contribution >= 0.6 is 0 Å². The standard InChI is InChI=1S/C22H27N3O/c1-22(15-23)12-14-24(16-22)21(26)20(18-8-3-2-4-9-18)25-13-11-17-7-5-6-10-19(17)25/h2-10,20H,11-16,23H2,1H3. The van der Waals surface area contributed by atoms with Crippen LogP contribution in [-0.2, 0) is 11.2 Å². The highest BCUT2D eigenvalue weighted by Gasteiger charge is 2.40. The van der Waals surface area contributed by atoms with Crippen LogP contribution in [0.5, 0.6) is 0 Å². The van der Waals surface area contributed by atoms with Crippen molar-refractivity contribution in [3.8, 4) is 0 Å². The molecule has 26 heavy (non-hydrogen) atoms. The van der Waals surface area contributed by atoms with Gasteiger partial charge in [-0.25, -0.2) is 0 Å². The highest BCUT2D eigenvalue weighted by molar-refractivity contribution is 5.88. The molecule has 1 saturated heterocycles. The zero-order chi connectivity index (χ0) is 18.1. The number of carbonyl (C=O) groups excluding carboxylic acids is 1. The lowest BCUT2D eigenvalue weighted by Crippen LogP contribution is -2.43. The van der Waals surface area contributed by atoms with Gasteiger partial charge in [-0.1, -0.05) is 55.5 Å². The Labute approximate surface area is 155 Å². The summed E-state index contributed by atoms with van der Waals surface area (Å²) in [5, 5.41) is 0. The summed E-state index contributed by atoms with van der Waals surface area (Å²) in [5.41, 5.74) is 9.58. The molecule has 4 rings (SSSR count). The Morgan fingerprint density at radius 2 is 1.85 bits per heavy atom. The second kappa shape index (κ2) is 6.76. The average Bonchev–Trinajstić information content (AvgIpc) is 3.28. The zero-order valence-corrected chi connectivity index (χ0v) is 15.4. The van der Waals surface area contributed by atoms with Crippen LogP contribution in [0.4, 0.5) is 5.69 Å². The molecule has 4 heteroatoms. The van der Waals surface area contributed by atoms with Crippen molar-refractivity contribution in [1.82, 2.24) is 4.90 Å². The molecule has 0 saturated carbocycles. The van der Waals surface area contributed by atoms with Gasteiger partial charge in [0.25, 0.3) is 0 Å². The van der Waals surface area contributed by atoms with Crippen molar-refractivity contribution in [2.45, 2.75) is 25.8 Å². The van der Waals surface area contributed by atoms with Crippen LogP contribution in [0.1, 0.15) is 30.5 Å². The van der Waals surface area contributed by atoms with Gasteiger partial charge >= 0.3 is 0 Å². The Morgan fingerprint density at radius 1 is 1.12 bits per heavy atom. The van der Waals surface area contributed by atoms with E-state index >= 15 is 0 Å². The first-order valence-corrected chi connectivity index (χ1v) is 9.50. The van der Waals surface area contributed by atoms with Crippen molar-refractivity contribution in [2.75, 3.05) is 31.1 Å². The summed E-state index contributed by atoms with van der Waals surface area (Å²) >= 11 is 0. The largest absolute Gasteiger partial charge is 0.355 e. The second-order valence-corrected chi connectivity index (χ2v) is 7.91. The van der Waals surface area contributed by atoms with Crippen LogP contribution in [0.25, 0.3) is 0 Å². The van der Waals surface area contributed by atoms with E-state index in [1.54, 1.807) is 0 Å². The Morgan fingerprint density at radius 3 is 2.58 bits per heavy atom. The molecule has 2 aromatic rings. The Hall–Kier alpha value is -2.33. The molecule has 2 N–H and O–H groups in total. The minimum Gasteiger partial charge on any atom is -0.355 e. The number of anilines is 1. The minimum atomic E-state index is -0.264. The fourth-order valence-electron chi connectivity index (χ4n) is 4.27. The first-order valence-electron chi connectivity index (χ1n) is 9.50. The summed E-state index contributed by atoms with van der Waals surface area (Å²) < 4.78 is 0. The highest BCUT2D eigenvalue weighted by atomic mass is 16.2. The molecule has 0 bridgehead atoms. The summed E-state index contributed by atoms with van der Waals surface area (Å²) in [7, 11) is 0. The number of hydrogen-bond donors (Lipinski definition) is 1. The van der Waals surface area contributed by atoms with Crippen LogP contribution in [0.3, 0.4) is 0 Å². The normalized spacial score (nSPS) is 23.2. The molecule has 0 radical (unpaired) electrons. The number of likely N-dealkylation sites (tertiary alicyclic amines) is 1. The molecule has 2 aromatic carbocycles. The topological polar surface area (TPSA) is 49.6 Å². The molecule has 2 atom stereocenters. The molecular formula is C22H27N3O. The van der Waals surface area contributed by atoms with Gasteiger partial charge in [0.05, 0.1) is 0 Å². The summed E-state index contributed by atoms with van der Waals surface area (Å²) in [4.78, 5) is 17.9. The number of benzene rings is 2. The number of amides is 1. The Balaban J connectivity index is 1.68. The van der Waals surface area contributed by atoms with E-state index in [0.29, 0.717) is 6.54 Å². The predicted octanol–water partition coefficient (Wildman–Crippen LogP) is 2.99. The smallest absolute Gasteiger partial charge is 0.249 e. The summed E-state index contributed by atoms with van der Waals surface area (Å²) in [5.74, 6) is 0.199. The van der Waals surface area contributed by atoms with Gasteiger partial charge in [-0.3, -0.25) is 4.79 Å². The Kier molecular flexibility index (Phi) is 4.45. The molecule has 2 heterocycles. The molecule has 0 aromatic heterocycles. The monoisotopic (exact) mass is 349 g/mol. The van der Waals surface area contributed by atoms with E-state index in [4.69, 9.17) is 5.73 Å². The van der Waals surface area contributed by atoms with Gasteiger partial charge in [0.15, 0.2) is 0 Å². The van der Waals surface area contributed by atoms with Crippen molar-refractivity contribution in [3.05, 3.63) is 65.7 Å². The minimum absolute atomic E-state index is 0.0415. The fraction of sp³-hybridized carbons (Fsp3) is 0.409. The molecule has 2 aliphatic heterocycles. The van der Waals surface area contributed by atoms with E-state index in [9.17, 15) is 4.79 Å². The van der Waals surface area contributed by atoms with Crippen molar-refractivity contribution in [1.29, 1.82) is 0 Å². The van der Waals surface area contributed by atoms with E-state index in [1.165, 1.54) is 11.3 Å². The third-order valence-corrected chi connectivity index (χ3v) is 5.95. The number of nitrogens with zero attached hydrogens (tertiary/aromatic N) is 2. The van der Waals surface area contributed by atoms with Crippen LogP contribution in [0.2, 0.25) is 0 Å². The van der Waals surface area contributed by atoms with Crippen molar-refractivity contribution >= 4 is 11.6 Å². The quantitative estimate of drug-likeness (QED) is 0.923. The van der Waals surface area contributed by atoms with Gasteiger partial charge in [-0.05, 0) is 42.0 Å². The van der Waals surface area contributed by atoms with Gasteiger partial charge in [0, 0.05) is 25.3 Å². The maximum Gasteiger partial charge on any atom is 0.249 e. The van der Waals surface area contributed by atoms with Crippen LogP contribution in [0, 0.1) is 5.41 Å². The highest BCUT2D eigenvalue weighted by Crippen LogP contribution is 2.38. The maximum absolute atomic E-state index is 13.6. The number of para-hydroxylation sites is 1. The maximum atomic E-state index is 13.6. The zero-order valence-electron chi connectivity index (χ0n) is 15.4. The number of fused-ring (bicyclic) bond motifs is 1. The van der Waals surface area contributed by atoms with Crippen molar-refractivity contribution in [2.24, 2.45) is 11.1 Å². The van der Waals surface area contributed by atoms with Crippen molar-refractivity contribution < 1.29 is 4.79 Å². The molecule has 0 aliphatic carbocycles. The Bertz CT molecular complexity index is 791. The molecule has 4 nitrogen and oxygen atoms in total. The van der Waals surface area contributed by atoms with Crippen LogP contribution < -0.4 is 10.6 Å². The van der Waals surface area contributed by atoms with E-state index in [-0.39, 0.29) is 17.4 Å². The van der Waals surface area contributed by atoms with Crippen molar-refractivity contribution in [3.63, 3.8) is 0 Å². The van der Waals surface area contributed by atoms with E-state index in [2.05, 4.69) is 48.2 Å². The van der Waals surface area contributed by atoms with Crippen LogP contribution in [0.15, 0.2) is 54.6 Å². The lowest BCUT2D eigenvalue weighted by molar-refractivity contribution is -0.132. The molecular weight excluding hydrogens is 322 g/mol. The van der Waals surface area contributed by atoms with Gasteiger partial charge in [-0.2, -0.15) is 0 Å². The fourth-order valence-corrected chi connectivity index (χ4v) is 4.27. The lowest BCUT2D eigenvalue weighted by Gasteiger charge is -2.33. The van der Waals surface area contributed by atoms with E-state index in [0.717, 1.165) is 38.0 Å². The molecule has 136 valence electrons. The van der Waals surface area contributed by atoms with Gasteiger partial charge in [-0.15, -0.1) is 0 Å². The molecule has 2 unspecified atom stereocenters. The lowest BCUT2D eigenvalue weighted by atomic mass is 9.90. The van der Waals surface area contributed by atoms with Gasteiger partial charge < -0.3 is 15.5 Å². The van der Waals surface area contributed by atoms with Gasteiger partial charge in [0.1, 0.15) is 6.04 Å². The number of hydrogen-bond acceptors (Lipinski definition) is 3. The number of nitrogens with two attached hydrogens (primary N) is 1. The molecule has 2 aliphatic rings. The predicted molar refractivity (Wildman–Crippen MR) is 105 cm³/mol. The molecule has 1 fully saturated rings. The molecule has 1 amide bonds. The van der Waals surface area contributed by atoms with Gasteiger partial charge in [0.2, 0.25) is 5.91 Å².